The van der Waals surface area contributed by atoms with Crippen LogP contribution in [-0.4, -0.2) is 4.57 Å². The van der Waals surface area contributed by atoms with Crippen LogP contribution in [0.3, 0.4) is 0 Å². The van der Waals surface area contributed by atoms with Crippen molar-refractivity contribution in [3.05, 3.63) is 206 Å². The lowest BCUT2D eigenvalue weighted by Gasteiger charge is -2.27. The summed E-state index contributed by atoms with van der Waals surface area (Å²) in [7, 11) is 0. The number of thiophene rings is 2. The Labute approximate surface area is 343 Å². The molecule has 0 atom stereocenters. The van der Waals surface area contributed by atoms with Gasteiger partial charge in [-0.3, -0.25) is 0 Å². The van der Waals surface area contributed by atoms with Crippen LogP contribution in [0, 0.1) is 0 Å². The van der Waals surface area contributed by atoms with Crippen molar-refractivity contribution in [2.75, 3.05) is 4.90 Å². The first-order valence-electron chi connectivity index (χ1n) is 19.7. The quantitative estimate of drug-likeness (QED) is 0.163. The average molecular weight is 775 g/mol. The van der Waals surface area contributed by atoms with E-state index in [4.69, 9.17) is 0 Å². The Balaban J connectivity index is 0.958. The van der Waals surface area contributed by atoms with E-state index < -0.39 is 0 Å². The number of anilines is 3. The Hall–Kier alpha value is -6.98. The number of aromatic nitrogens is 1. The molecule has 0 aliphatic carbocycles. The third-order valence-corrected chi connectivity index (χ3v) is 14.0. The summed E-state index contributed by atoms with van der Waals surface area (Å²) in [5.41, 5.74) is 11.9. The number of hydrogen-bond donors (Lipinski definition) is 0. The molecule has 4 heteroatoms. The summed E-state index contributed by atoms with van der Waals surface area (Å²) in [5, 5.41) is 7.74. The molecule has 0 spiro atoms. The molecule has 0 N–H and O–H groups in total. The van der Waals surface area contributed by atoms with Crippen LogP contribution < -0.4 is 4.90 Å². The Bertz CT molecular complexity index is 3350. The van der Waals surface area contributed by atoms with Gasteiger partial charge in [0.1, 0.15) is 0 Å². The van der Waals surface area contributed by atoms with E-state index >= 15 is 0 Å². The van der Waals surface area contributed by atoms with Gasteiger partial charge in [-0.15, -0.1) is 22.7 Å². The predicted octanol–water partition coefficient (Wildman–Crippen LogP) is 16.3. The molecule has 2 nitrogen and oxygen atoms in total. The molecule has 3 heterocycles. The van der Waals surface area contributed by atoms with E-state index in [0.29, 0.717) is 0 Å². The Morgan fingerprint density at radius 3 is 1.33 bits per heavy atom. The van der Waals surface area contributed by atoms with E-state index in [2.05, 4.69) is 216 Å². The summed E-state index contributed by atoms with van der Waals surface area (Å²) >= 11 is 3.75. The largest absolute Gasteiger partial charge is 0.309 e. The van der Waals surface area contributed by atoms with E-state index in [1.54, 1.807) is 0 Å². The number of fused-ring (bicyclic) bond motifs is 9. The molecule has 0 unspecified atom stereocenters. The Kier molecular flexibility index (Phi) is 7.62. The summed E-state index contributed by atoms with van der Waals surface area (Å²) in [6, 6.07) is 75.5. The number of hydrogen-bond acceptors (Lipinski definition) is 3. The third kappa shape index (κ3) is 5.16. The molecule has 3 aromatic heterocycles. The first kappa shape index (κ1) is 33.2. The van der Waals surface area contributed by atoms with Gasteiger partial charge in [-0.2, -0.15) is 0 Å². The van der Waals surface area contributed by atoms with Crippen molar-refractivity contribution < 1.29 is 0 Å². The van der Waals surface area contributed by atoms with Crippen LogP contribution >= 0.6 is 22.7 Å². The maximum atomic E-state index is 2.48. The minimum atomic E-state index is 1.13. The maximum Gasteiger partial charge on any atom is 0.0640 e. The monoisotopic (exact) mass is 774 g/mol. The Morgan fingerprint density at radius 2 is 0.759 bits per heavy atom. The van der Waals surface area contributed by atoms with E-state index in [9.17, 15) is 0 Å². The van der Waals surface area contributed by atoms with Gasteiger partial charge in [-0.25, -0.2) is 0 Å². The summed E-state index contributed by atoms with van der Waals surface area (Å²) in [4.78, 5) is 2.48. The molecule has 0 amide bonds. The van der Waals surface area contributed by atoms with Crippen LogP contribution in [0.1, 0.15) is 0 Å². The van der Waals surface area contributed by atoms with Crippen molar-refractivity contribution in [3.8, 4) is 27.9 Å². The second kappa shape index (κ2) is 13.3. The van der Waals surface area contributed by atoms with E-state index in [1.165, 1.54) is 101 Å². The maximum absolute atomic E-state index is 2.48. The lowest BCUT2D eigenvalue weighted by atomic mass is 9.98. The highest BCUT2D eigenvalue weighted by Crippen LogP contribution is 2.49. The van der Waals surface area contributed by atoms with Gasteiger partial charge in [0, 0.05) is 53.0 Å². The first-order valence-corrected chi connectivity index (χ1v) is 21.3. The van der Waals surface area contributed by atoms with Crippen molar-refractivity contribution in [1.29, 1.82) is 0 Å². The molecule has 0 bridgehead atoms. The zero-order valence-electron chi connectivity index (χ0n) is 31.3. The summed E-state index contributed by atoms with van der Waals surface area (Å²) in [6.07, 6.45) is 0. The van der Waals surface area contributed by atoms with Crippen molar-refractivity contribution in [3.63, 3.8) is 0 Å². The normalized spacial score (nSPS) is 11.8. The highest BCUT2D eigenvalue weighted by Gasteiger charge is 2.22. The molecule has 0 fully saturated rings. The number of rotatable bonds is 6. The number of nitrogens with zero attached hydrogens (tertiary/aromatic N) is 2. The molecule has 58 heavy (non-hydrogen) atoms. The van der Waals surface area contributed by atoms with Crippen LogP contribution in [-0.2, 0) is 0 Å². The highest BCUT2D eigenvalue weighted by molar-refractivity contribution is 7.27. The molecule has 12 rings (SSSR count). The lowest BCUT2D eigenvalue weighted by molar-refractivity contribution is 1.18. The van der Waals surface area contributed by atoms with Crippen LogP contribution in [0.5, 0.6) is 0 Å². The van der Waals surface area contributed by atoms with Gasteiger partial charge in [0.2, 0.25) is 0 Å². The van der Waals surface area contributed by atoms with E-state index in [0.717, 1.165) is 5.69 Å². The van der Waals surface area contributed by atoms with Gasteiger partial charge >= 0.3 is 0 Å². The van der Waals surface area contributed by atoms with Gasteiger partial charge in [0.15, 0.2) is 0 Å². The van der Waals surface area contributed by atoms with Gasteiger partial charge < -0.3 is 9.47 Å². The van der Waals surface area contributed by atoms with Crippen molar-refractivity contribution in [1.82, 2.24) is 4.57 Å². The standard InChI is InChI=1S/C54H34N2S2/c1-6-20-46(56-47-21-7-2-14-40(47)41-15-3-8-22-48(41)56)39(13-1)37-29-27-35(28-30-37)36-31-33-38(34-32-36)55(49-23-11-18-44-42-16-4-9-25-51(42)57-53(44)49)50-24-12-19-45-43-17-5-10-26-52(43)58-54(45)50/h1-34H. The van der Waals surface area contributed by atoms with E-state index in [1.807, 2.05) is 22.7 Å². The molecule has 0 radical (unpaired) electrons. The van der Waals surface area contributed by atoms with Crippen LogP contribution in [0.4, 0.5) is 17.1 Å². The molecule has 12 aromatic rings. The smallest absolute Gasteiger partial charge is 0.0640 e. The topological polar surface area (TPSA) is 8.17 Å². The SMILES string of the molecule is c1ccc(-n2c3ccccc3c3ccccc32)c(-c2ccc(-c3ccc(N(c4cccc5c4sc4ccccc45)c4cccc5c4sc4ccccc45)cc3)cc2)c1. The van der Waals surface area contributed by atoms with Crippen LogP contribution in [0.2, 0.25) is 0 Å². The van der Waals surface area contributed by atoms with Crippen molar-refractivity contribution in [2.24, 2.45) is 0 Å². The zero-order valence-corrected chi connectivity index (χ0v) is 33.0. The van der Waals surface area contributed by atoms with Gasteiger partial charge in [-0.1, -0.05) is 152 Å². The fraction of sp³-hybridized carbons (Fsp3) is 0. The van der Waals surface area contributed by atoms with Crippen LogP contribution in [0.15, 0.2) is 206 Å². The fourth-order valence-electron chi connectivity index (χ4n) is 8.96. The van der Waals surface area contributed by atoms with Gasteiger partial charge in [0.25, 0.3) is 0 Å². The molecular formula is C54H34N2S2. The number of benzene rings is 9. The molecule has 9 aromatic carbocycles. The average Bonchev–Trinajstić information content (AvgIpc) is 3.97. The summed E-state index contributed by atoms with van der Waals surface area (Å²) in [5.74, 6) is 0. The van der Waals surface area contributed by atoms with E-state index in [-0.39, 0.29) is 0 Å². The molecule has 272 valence electrons. The molecule has 0 aliphatic rings. The molecule has 0 saturated heterocycles. The third-order valence-electron chi connectivity index (χ3n) is 11.6. The van der Waals surface area contributed by atoms with Crippen molar-refractivity contribution >= 4 is 102 Å². The summed E-state index contributed by atoms with van der Waals surface area (Å²) in [6.45, 7) is 0. The Morgan fingerprint density at radius 1 is 0.328 bits per heavy atom. The molecular weight excluding hydrogens is 741 g/mol. The highest BCUT2D eigenvalue weighted by atomic mass is 32.1. The minimum Gasteiger partial charge on any atom is -0.309 e. The van der Waals surface area contributed by atoms with Gasteiger partial charge in [0.05, 0.1) is 37.5 Å². The number of para-hydroxylation sites is 3. The predicted molar refractivity (Wildman–Crippen MR) is 252 cm³/mol. The fourth-order valence-corrected chi connectivity index (χ4v) is 11.4. The first-order chi connectivity index (χ1) is 28.8. The second-order valence-electron chi connectivity index (χ2n) is 14.9. The van der Waals surface area contributed by atoms with Gasteiger partial charge in [-0.05, 0) is 71.3 Å². The molecule has 0 aliphatic heterocycles. The second-order valence-corrected chi connectivity index (χ2v) is 17.0. The minimum absolute atomic E-state index is 1.13. The summed E-state index contributed by atoms with van der Waals surface area (Å²) < 4.78 is 7.62. The zero-order chi connectivity index (χ0) is 38.2. The van der Waals surface area contributed by atoms with Crippen LogP contribution in [0.25, 0.3) is 90.1 Å². The lowest BCUT2D eigenvalue weighted by Crippen LogP contribution is -2.10. The van der Waals surface area contributed by atoms with Crippen molar-refractivity contribution in [2.45, 2.75) is 0 Å². The molecule has 0 saturated carbocycles.